The van der Waals surface area contributed by atoms with Gasteiger partial charge in [0.05, 0.1) is 12.1 Å². The maximum Gasteiger partial charge on any atom is 0.435 e. The summed E-state index contributed by atoms with van der Waals surface area (Å²) < 4.78 is 42.1. The van der Waals surface area contributed by atoms with E-state index >= 15 is 0 Å². The summed E-state index contributed by atoms with van der Waals surface area (Å²) in [4.78, 5) is 20.3. The highest BCUT2D eigenvalue weighted by Gasteiger charge is 2.62. The Labute approximate surface area is 174 Å². The van der Waals surface area contributed by atoms with Gasteiger partial charge in [-0.25, -0.2) is 0 Å². The van der Waals surface area contributed by atoms with E-state index in [1.54, 1.807) is 13.0 Å². The Bertz CT molecular complexity index is 1020. The zero-order valence-corrected chi connectivity index (χ0v) is 16.4. The van der Waals surface area contributed by atoms with Crippen molar-refractivity contribution in [1.82, 2.24) is 0 Å². The van der Waals surface area contributed by atoms with Gasteiger partial charge in [-0.1, -0.05) is 34.4 Å². The second-order valence-electron chi connectivity index (χ2n) is 6.40. The molecule has 1 atom stereocenters. The molecule has 29 heavy (non-hydrogen) atoms. The summed E-state index contributed by atoms with van der Waals surface area (Å²) in [5.74, 6) is -0.556. The molecule has 3 rings (SSSR count). The average molecular weight is 444 g/mol. The van der Waals surface area contributed by atoms with Crippen molar-refractivity contribution < 1.29 is 22.8 Å². The molecule has 0 bridgehead atoms. The number of aliphatic imine (C=N–C) groups is 1. The van der Waals surface area contributed by atoms with Gasteiger partial charge < -0.3 is 10.6 Å². The Morgan fingerprint density at radius 1 is 1.24 bits per heavy atom. The lowest BCUT2D eigenvalue weighted by Crippen LogP contribution is -2.42. The SMILES string of the molecule is Cc1cc(C2=NOC(c3cc(Cl)cc(Cl)c3)(C(F)(F)F)C2)ccc1C(=O)N=CN. The van der Waals surface area contributed by atoms with E-state index in [0.29, 0.717) is 11.1 Å². The minimum absolute atomic E-state index is 0.0485. The maximum absolute atomic E-state index is 14.0. The topological polar surface area (TPSA) is 77.0 Å². The highest BCUT2D eigenvalue weighted by molar-refractivity contribution is 6.34. The summed E-state index contributed by atoms with van der Waals surface area (Å²) >= 11 is 11.8. The lowest BCUT2D eigenvalue weighted by atomic mass is 9.86. The van der Waals surface area contributed by atoms with Gasteiger partial charge in [0.25, 0.3) is 11.5 Å². The molecule has 0 fully saturated rings. The van der Waals surface area contributed by atoms with E-state index in [-0.39, 0.29) is 26.9 Å². The molecule has 0 saturated heterocycles. The average Bonchev–Trinajstić information content (AvgIpc) is 3.07. The molecule has 2 aromatic carbocycles. The summed E-state index contributed by atoms with van der Waals surface area (Å²) in [5, 5.41) is 3.79. The van der Waals surface area contributed by atoms with Crippen LogP contribution in [0.4, 0.5) is 13.2 Å². The Hall–Kier alpha value is -2.58. The van der Waals surface area contributed by atoms with Gasteiger partial charge in [0.2, 0.25) is 0 Å². The molecule has 152 valence electrons. The zero-order chi connectivity index (χ0) is 21.4. The number of amides is 1. The van der Waals surface area contributed by atoms with Gasteiger partial charge in [-0.15, -0.1) is 0 Å². The van der Waals surface area contributed by atoms with E-state index < -0.39 is 24.1 Å². The molecule has 2 aromatic rings. The molecule has 10 heteroatoms. The van der Waals surface area contributed by atoms with Gasteiger partial charge >= 0.3 is 6.18 Å². The number of carbonyl (C=O) groups excluding carboxylic acids is 1. The first kappa shape index (κ1) is 21.1. The summed E-state index contributed by atoms with van der Waals surface area (Å²) in [6.45, 7) is 1.63. The van der Waals surface area contributed by atoms with Gasteiger partial charge in [-0.05, 0) is 48.4 Å². The third-order valence-corrected chi connectivity index (χ3v) is 4.93. The molecule has 1 aliphatic heterocycles. The third-order valence-electron chi connectivity index (χ3n) is 4.50. The minimum atomic E-state index is -4.78. The number of alkyl halides is 3. The number of benzene rings is 2. The predicted octanol–water partition coefficient (Wildman–Crippen LogP) is 5.01. The lowest BCUT2D eigenvalue weighted by Gasteiger charge is -2.29. The number of oxime groups is 1. The number of rotatable bonds is 3. The molecular formula is C19H14Cl2F3N3O2. The van der Waals surface area contributed by atoms with Crippen LogP contribution in [0, 0.1) is 6.92 Å². The van der Waals surface area contributed by atoms with Crippen molar-refractivity contribution in [2.75, 3.05) is 0 Å². The van der Waals surface area contributed by atoms with Crippen molar-refractivity contribution in [3.8, 4) is 0 Å². The molecular weight excluding hydrogens is 430 g/mol. The number of nitrogens with zero attached hydrogens (tertiary/aromatic N) is 2. The summed E-state index contributed by atoms with van der Waals surface area (Å²) in [7, 11) is 0. The van der Waals surface area contributed by atoms with Crippen LogP contribution in [0.15, 0.2) is 46.5 Å². The summed E-state index contributed by atoms with van der Waals surface area (Å²) in [6, 6.07) is 8.10. The number of carbonyl (C=O) groups is 1. The van der Waals surface area contributed by atoms with Crippen LogP contribution in [-0.2, 0) is 10.4 Å². The van der Waals surface area contributed by atoms with Crippen molar-refractivity contribution in [3.63, 3.8) is 0 Å². The number of hydrogen-bond acceptors (Lipinski definition) is 3. The van der Waals surface area contributed by atoms with E-state index in [0.717, 1.165) is 18.5 Å². The van der Waals surface area contributed by atoms with Crippen LogP contribution in [0.3, 0.4) is 0 Å². The van der Waals surface area contributed by atoms with Gasteiger partial charge in [0.1, 0.15) is 0 Å². The van der Waals surface area contributed by atoms with Crippen LogP contribution in [0.1, 0.15) is 33.5 Å². The number of halogens is 5. The van der Waals surface area contributed by atoms with Gasteiger partial charge in [-0.3, -0.25) is 4.79 Å². The van der Waals surface area contributed by atoms with Crippen LogP contribution < -0.4 is 5.73 Å². The highest BCUT2D eigenvalue weighted by Crippen LogP contribution is 2.49. The smallest absolute Gasteiger partial charge is 0.390 e. The molecule has 0 aliphatic carbocycles. The molecule has 1 amide bonds. The molecule has 5 nitrogen and oxygen atoms in total. The zero-order valence-electron chi connectivity index (χ0n) is 14.9. The van der Waals surface area contributed by atoms with Crippen molar-refractivity contribution in [2.24, 2.45) is 15.9 Å². The van der Waals surface area contributed by atoms with E-state index in [4.69, 9.17) is 33.8 Å². The van der Waals surface area contributed by atoms with Crippen molar-refractivity contribution in [3.05, 3.63) is 68.7 Å². The second-order valence-corrected chi connectivity index (χ2v) is 7.27. The van der Waals surface area contributed by atoms with Crippen molar-refractivity contribution >= 4 is 41.2 Å². The molecule has 1 unspecified atom stereocenters. The number of aryl methyl sites for hydroxylation is 1. The van der Waals surface area contributed by atoms with Gasteiger partial charge in [0, 0.05) is 27.6 Å². The molecule has 0 aromatic heterocycles. The van der Waals surface area contributed by atoms with Gasteiger partial charge in [0.15, 0.2) is 0 Å². The first-order chi connectivity index (χ1) is 13.6. The van der Waals surface area contributed by atoms with Crippen molar-refractivity contribution in [1.29, 1.82) is 0 Å². The Morgan fingerprint density at radius 2 is 1.90 bits per heavy atom. The molecule has 1 aliphatic rings. The Kier molecular flexibility index (Phi) is 5.60. The highest BCUT2D eigenvalue weighted by atomic mass is 35.5. The minimum Gasteiger partial charge on any atom is -0.390 e. The van der Waals surface area contributed by atoms with E-state index in [9.17, 15) is 18.0 Å². The lowest BCUT2D eigenvalue weighted by molar-refractivity contribution is -0.275. The normalized spacial score (nSPS) is 19.3. The Morgan fingerprint density at radius 3 is 2.45 bits per heavy atom. The maximum atomic E-state index is 14.0. The quantitative estimate of drug-likeness (QED) is 0.534. The fourth-order valence-corrected chi connectivity index (χ4v) is 3.59. The summed E-state index contributed by atoms with van der Waals surface area (Å²) in [6.07, 6.45) is -4.49. The standard InChI is InChI=1S/C19H14Cl2F3N3O2/c1-10-4-11(2-3-15(10)17(28)26-9-25)16-8-18(29-27-16,19(22,23)24)12-5-13(20)7-14(21)6-12/h2-7,9H,8H2,1H3,(H2,25,26,28). The van der Waals surface area contributed by atoms with Crippen LogP contribution >= 0.6 is 23.2 Å². The van der Waals surface area contributed by atoms with E-state index in [1.165, 1.54) is 18.2 Å². The molecule has 0 saturated carbocycles. The van der Waals surface area contributed by atoms with E-state index in [2.05, 4.69) is 10.1 Å². The van der Waals surface area contributed by atoms with Crippen LogP contribution in [-0.4, -0.2) is 24.1 Å². The van der Waals surface area contributed by atoms with Crippen LogP contribution in [0.5, 0.6) is 0 Å². The first-order valence-electron chi connectivity index (χ1n) is 8.25. The van der Waals surface area contributed by atoms with E-state index in [1.807, 2.05) is 0 Å². The molecule has 1 heterocycles. The summed E-state index contributed by atoms with van der Waals surface area (Å²) in [5.41, 5.74) is 3.40. The first-order valence-corrected chi connectivity index (χ1v) is 9.01. The monoisotopic (exact) mass is 443 g/mol. The molecule has 0 spiro atoms. The fourth-order valence-electron chi connectivity index (χ4n) is 3.07. The Balaban J connectivity index is 1.99. The van der Waals surface area contributed by atoms with Crippen LogP contribution in [0.2, 0.25) is 10.0 Å². The number of hydrogen-bond donors (Lipinski definition) is 1. The molecule has 2 N–H and O–H groups in total. The predicted molar refractivity (Wildman–Crippen MR) is 105 cm³/mol. The molecule has 0 radical (unpaired) electrons. The van der Waals surface area contributed by atoms with Gasteiger partial charge in [-0.2, -0.15) is 18.2 Å². The fraction of sp³-hybridized carbons (Fsp3) is 0.211. The second kappa shape index (κ2) is 7.68. The third kappa shape index (κ3) is 3.95. The number of nitrogens with two attached hydrogens (primary N) is 1. The van der Waals surface area contributed by atoms with Crippen molar-refractivity contribution in [2.45, 2.75) is 25.1 Å². The van der Waals surface area contributed by atoms with Crippen LogP contribution in [0.25, 0.3) is 0 Å². The largest absolute Gasteiger partial charge is 0.435 e.